The van der Waals surface area contributed by atoms with Crippen LogP contribution in [0.3, 0.4) is 0 Å². The van der Waals surface area contributed by atoms with E-state index < -0.39 is 23.7 Å². The van der Waals surface area contributed by atoms with Crippen LogP contribution in [-0.4, -0.2) is 11.1 Å². The predicted octanol–water partition coefficient (Wildman–Crippen LogP) is 3.81. The lowest BCUT2D eigenvalue weighted by Gasteiger charge is -2.29. The van der Waals surface area contributed by atoms with Gasteiger partial charge in [-0.25, -0.2) is 8.78 Å². The van der Waals surface area contributed by atoms with Crippen molar-refractivity contribution in [1.82, 2.24) is 0 Å². The Morgan fingerprint density at radius 3 is 2.28 bits per heavy atom. The maximum absolute atomic E-state index is 14.1. The van der Waals surface area contributed by atoms with E-state index in [0.717, 1.165) is 12.8 Å². The smallest absolute Gasteiger partial charge is 0.309 e. The Hall–Kier alpha value is -1.45. The highest BCUT2D eigenvalue weighted by atomic mass is 19.3. The summed E-state index contributed by atoms with van der Waals surface area (Å²) in [5, 5.41) is 9.24. The van der Waals surface area contributed by atoms with E-state index in [1.807, 2.05) is 0 Å². The third-order valence-electron chi connectivity index (χ3n) is 3.77. The highest BCUT2D eigenvalue weighted by Crippen LogP contribution is 2.48. The van der Waals surface area contributed by atoms with Gasteiger partial charge in [-0.2, -0.15) is 0 Å². The van der Waals surface area contributed by atoms with Crippen molar-refractivity contribution in [1.29, 1.82) is 0 Å². The van der Waals surface area contributed by atoms with Gasteiger partial charge in [0.2, 0.25) is 0 Å². The molecule has 0 aliphatic heterocycles. The molecule has 1 fully saturated rings. The molecule has 0 amide bonds. The monoisotopic (exact) mass is 254 g/mol. The van der Waals surface area contributed by atoms with Gasteiger partial charge in [-0.3, -0.25) is 4.79 Å². The van der Waals surface area contributed by atoms with Crippen LogP contribution in [0.2, 0.25) is 0 Å². The number of hydrogen-bond acceptors (Lipinski definition) is 1. The SMILES string of the molecule is O=C(O)C1(CC(F)(F)c2ccccc2)CCCC1. The summed E-state index contributed by atoms with van der Waals surface area (Å²) in [5.41, 5.74) is -1.35. The molecule has 1 aliphatic rings. The van der Waals surface area contributed by atoms with Gasteiger partial charge >= 0.3 is 5.97 Å². The van der Waals surface area contributed by atoms with Crippen LogP contribution in [-0.2, 0) is 10.7 Å². The second kappa shape index (κ2) is 4.67. The second-order valence-electron chi connectivity index (χ2n) is 5.04. The number of carboxylic acids is 1. The van der Waals surface area contributed by atoms with Crippen molar-refractivity contribution in [3.63, 3.8) is 0 Å². The van der Waals surface area contributed by atoms with Crippen LogP contribution in [0.5, 0.6) is 0 Å². The highest BCUT2D eigenvalue weighted by Gasteiger charge is 2.49. The number of halogens is 2. The van der Waals surface area contributed by atoms with E-state index in [4.69, 9.17) is 0 Å². The van der Waals surface area contributed by atoms with Crippen molar-refractivity contribution in [2.24, 2.45) is 5.41 Å². The van der Waals surface area contributed by atoms with Gasteiger partial charge in [-0.1, -0.05) is 43.2 Å². The zero-order valence-corrected chi connectivity index (χ0v) is 10.0. The minimum atomic E-state index is -3.08. The first kappa shape index (κ1) is 13.0. The van der Waals surface area contributed by atoms with Gasteiger partial charge < -0.3 is 5.11 Å². The molecule has 0 heterocycles. The van der Waals surface area contributed by atoms with E-state index in [0.29, 0.717) is 12.8 Å². The Labute approximate surface area is 105 Å². The van der Waals surface area contributed by atoms with Crippen molar-refractivity contribution in [2.45, 2.75) is 38.0 Å². The lowest BCUT2D eigenvalue weighted by atomic mass is 9.79. The van der Waals surface area contributed by atoms with Gasteiger partial charge in [0.05, 0.1) is 5.41 Å². The van der Waals surface area contributed by atoms with E-state index in [-0.39, 0.29) is 5.56 Å². The van der Waals surface area contributed by atoms with Crippen molar-refractivity contribution in [2.75, 3.05) is 0 Å². The number of aliphatic carboxylic acids is 1. The van der Waals surface area contributed by atoms with Crippen molar-refractivity contribution in [3.8, 4) is 0 Å². The van der Waals surface area contributed by atoms with Gasteiger partial charge in [0.25, 0.3) is 5.92 Å². The van der Waals surface area contributed by atoms with Gasteiger partial charge in [-0.15, -0.1) is 0 Å². The third kappa shape index (κ3) is 2.37. The zero-order chi connectivity index (χ0) is 13.2. The van der Waals surface area contributed by atoms with Gasteiger partial charge in [0.15, 0.2) is 0 Å². The Morgan fingerprint density at radius 1 is 1.22 bits per heavy atom. The maximum atomic E-state index is 14.1. The van der Waals surface area contributed by atoms with Crippen molar-refractivity contribution >= 4 is 5.97 Å². The maximum Gasteiger partial charge on any atom is 0.309 e. The number of carbonyl (C=O) groups is 1. The molecule has 0 spiro atoms. The molecule has 18 heavy (non-hydrogen) atoms. The molecule has 2 rings (SSSR count). The van der Waals surface area contributed by atoms with Gasteiger partial charge in [-0.05, 0) is 12.8 Å². The van der Waals surface area contributed by atoms with Crippen molar-refractivity contribution in [3.05, 3.63) is 35.9 Å². The minimum absolute atomic E-state index is 0.0995. The summed E-state index contributed by atoms with van der Waals surface area (Å²) >= 11 is 0. The number of rotatable bonds is 4. The van der Waals surface area contributed by atoms with Gasteiger partial charge in [0.1, 0.15) is 0 Å². The molecule has 1 saturated carbocycles. The molecule has 0 radical (unpaired) electrons. The molecule has 0 atom stereocenters. The average molecular weight is 254 g/mol. The lowest BCUT2D eigenvalue weighted by molar-refractivity contribution is -0.156. The molecule has 1 N–H and O–H groups in total. The summed E-state index contributed by atoms with van der Waals surface area (Å²) in [6, 6.07) is 7.47. The lowest BCUT2D eigenvalue weighted by Crippen LogP contribution is -2.34. The quantitative estimate of drug-likeness (QED) is 0.887. The summed E-state index contributed by atoms with van der Waals surface area (Å²) in [5.74, 6) is -4.17. The molecular weight excluding hydrogens is 238 g/mol. The standard InChI is InChI=1S/C14H16F2O2/c15-14(16,11-6-2-1-3-7-11)10-13(12(17)18)8-4-5-9-13/h1-3,6-7H,4-5,8-10H2,(H,17,18). The highest BCUT2D eigenvalue weighted by molar-refractivity contribution is 5.75. The summed E-state index contributed by atoms with van der Waals surface area (Å²) in [6.45, 7) is 0. The molecule has 1 aliphatic carbocycles. The molecule has 1 aromatic rings. The van der Waals surface area contributed by atoms with Gasteiger partial charge in [0, 0.05) is 12.0 Å². The summed E-state index contributed by atoms with van der Waals surface area (Å²) in [6.07, 6.45) is 1.54. The van der Waals surface area contributed by atoms with E-state index >= 15 is 0 Å². The normalized spacial score (nSPS) is 18.8. The Morgan fingerprint density at radius 2 is 1.78 bits per heavy atom. The topological polar surface area (TPSA) is 37.3 Å². The summed E-state index contributed by atoms with van der Waals surface area (Å²) in [7, 11) is 0. The zero-order valence-electron chi connectivity index (χ0n) is 10.0. The molecule has 4 heteroatoms. The van der Waals surface area contributed by atoms with E-state index in [9.17, 15) is 18.7 Å². The van der Waals surface area contributed by atoms with Crippen molar-refractivity contribution < 1.29 is 18.7 Å². The van der Waals surface area contributed by atoms with Crippen LogP contribution >= 0.6 is 0 Å². The molecule has 0 bridgehead atoms. The second-order valence-corrected chi connectivity index (χ2v) is 5.04. The molecule has 0 saturated heterocycles. The Balaban J connectivity index is 2.24. The van der Waals surface area contributed by atoms with E-state index in [2.05, 4.69) is 0 Å². The minimum Gasteiger partial charge on any atom is -0.481 e. The van der Waals surface area contributed by atoms with Crippen LogP contribution in [0.25, 0.3) is 0 Å². The molecule has 98 valence electrons. The predicted molar refractivity (Wildman–Crippen MR) is 63.5 cm³/mol. The first-order valence-electron chi connectivity index (χ1n) is 6.13. The Bertz CT molecular complexity index is 423. The number of alkyl halides is 2. The van der Waals surface area contributed by atoms with Crippen LogP contribution < -0.4 is 0 Å². The average Bonchev–Trinajstić information content (AvgIpc) is 2.79. The molecule has 2 nitrogen and oxygen atoms in total. The molecular formula is C14H16F2O2. The molecule has 0 unspecified atom stereocenters. The van der Waals surface area contributed by atoms with E-state index in [1.165, 1.54) is 12.1 Å². The summed E-state index contributed by atoms with van der Waals surface area (Å²) in [4.78, 5) is 11.3. The number of hydrogen-bond donors (Lipinski definition) is 1. The summed E-state index contributed by atoms with van der Waals surface area (Å²) < 4.78 is 28.3. The number of carboxylic acid groups (broad SMARTS) is 1. The largest absolute Gasteiger partial charge is 0.481 e. The molecule has 0 aromatic heterocycles. The first-order valence-corrected chi connectivity index (χ1v) is 6.13. The fraction of sp³-hybridized carbons (Fsp3) is 0.500. The Kier molecular flexibility index (Phi) is 3.37. The van der Waals surface area contributed by atoms with Crippen LogP contribution in [0, 0.1) is 5.41 Å². The fourth-order valence-electron chi connectivity index (χ4n) is 2.73. The van der Waals surface area contributed by atoms with Crippen LogP contribution in [0.1, 0.15) is 37.7 Å². The van der Waals surface area contributed by atoms with Crippen LogP contribution in [0.4, 0.5) is 8.78 Å². The fourth-order valence-corrected chi connectivity index (χ4v) is 2.73. The van der Waals surface area contributed by atoms with Crippen LogP contribution in [0.15, 0.2) is 30.3 Å². The first-order chi connectivity index (χ1) is 8.46. The van der Waals surface area contributed by atoms with E-state index in [1.54, 1.807) is 18.2 Å². The third-order valence-corrected chi connectivity index (χ3v) is 3.77. The number of benzene rings is 1. The molecule has 1 aromatic carbocycles.